The van der Waals surface area contributed by atoms with Crippen molar-refractivity contribution in [1.29, 1.82) is 0 Å². The zero-order chi connectivity index (χ0) is 13.1. The fourth-order valence-electron chi connectivity index (χ4n) is 1.75. The number of nitrogens with two attached hydrogens (primary N) is 1. The number of rotatable bonds is 4. The van der Waals surface area contributed by atoms with Gasteiger partial charge in [-0.2, -0.15) is 5.10 Å². The molecule has 1 atom stereocenters. The van der Waals surface area contributed by atoms with Crippen molar-refractivity contribution in [3.63, 3.8) is 0 Å². The Morgan fingerprint density at radius 3 is 2.65 bits per heavy atom. The van der Waals surface area contributed by atoms with E-state index in [0.29, 0.717) is 12.2 Å². The first-order valence-electron chi connectivity index (χ1n) is 5.81. The van der Waals surface area contributed by atoms with Crippen LogP contribution in [0.3, 0.4) is 0 Å². The second-order valence-electron chi connectivity index (χ2n) is 5.59. The van der Waals surface area contributed by atoms with Gasteiger partial charge in [-0.15, -0.1) is 0 Å². The van der Waals surface area contributed by atoms with E-state index < -0.39 is 0 Å². The predicted molar refractivity (Wildman–Crippen MR) is 68.5 cm³/mol. The lowest BCUT2D eigenvalue weighted by atomic mass is 9.84. The van der Waals surface area contributed by atoms with Crippen LogP contribution < -0.4 is 11.1 Å². The van der Waals surface area contributed by atoms with Crippen molar-refractivity contribution in [3.05, 3.63) is 12.4 Å². The van der Waals surface area contributed by atoms with Gasteiger partial charge in [0.1, 0.15) is 0 Å². The SMILES string of the molecule is Cn1cc(NC(=O)C(CN)CC(C)(C)C)cn1. The molecular formula is C12H22N4O. The molecule has 0 aliphatic rings. The zero-order valence-corrected chi connectivity index (χ0v) is 11.0. The molecule has 0 fully saturated rings. The van der Waals surface area contributed by atoms with Crippen molar-refractivity contribution in [1.82, 2.24) is 9.78 Å². The third kappa shape index (κ3) is 4.56. The summed E-state index contributed by atoms with van der Waals surface area (Å²) in [4.78, 5) is 12.0. The Bertz CT molecular complexity index is 378. The molecule has 0 radical (unpaired) electrons. The van der Waals surface area contributed by atoms with Gasteiger partial charge >= 0.3 is 0 Å². The van der Waals surface area contributed by atoms with Crippen molar-refractivity contribution in [3.8, 4) is 0 Å². The third-order valence-corrected chi connectivity index (χ3v) is 2.49. The molecule has 1 aromatic rings. The Hall–Kier alpha value is -1.36. The van der Waals surface area contributed by atoms with Crippen molar-refractivity contribution in [2.75, 3.05) is 11.9 Å². The summed E-state index contributed by atoms with van der Waals surface area (Å²) in [6, 6.07) is 0. The molecule has 0 saturated carbocycles. The highest BCUT2D eigenvalue weighted by atomic mass is 16.1. The van der Waals surface area contributed by atoms with E-state index in [4.69, 9.17) is 5.73 Å². The standard InChI is InChI=1S/C12H22N4O/c1-12(2,3)5-9(6-13)11(17)15-10-7-14-16(4)8-10/h7-9H,5-6,13H2,1-4H3,(H,15,17). The molecule has 3 N–H and O–H groups in total. The van der Waals surface area contributed by atoms with Crippen molar-refractivity contribution in [2.24, 2.45) is 24.1 Å². The maximum Gasteiger partial charge on any atom is 0.228 e. The Labute approximate surface area is 102 Å². The van der Waals surface area contributed by atoms with Crippen LogP contribution in [-0.4, -0.2) is 22.2 Å². The van der Waals surface area contributed by atoms with Crippen LogP contribution in [0.1, 0.15) is 27.2 Å². The molecule has 0 aliphatic carbocycles. The van der Waals surface area contributed by atoms with E-state index >= 15 is 0 Å². The highest BCUT2D eigenvalue weighted by Crippen LogP contribution is 2.24. The molecule has 1 heterocycles. The number of hydrogen-bond acceptors (Lipinski definition) is 3. The normalized spacial score (nSPS) is 13.5. The molecule has 0 aromatic carbocycles. The van der Waals surface area contributed by atoms with E-state index in [9.17, 15) is 4.79 Å². The largest absolute Gasteiger partial charge is 0.330 e. The first-order chi connectivity index (χ1) is 7.81. The number of hydrogen-bond donors (Lipinski definition) is 2. The number of carbonyl (C=O) groups is 1. The maximum atomic E-state index is 12.0. The second-order valence-corrected chi connectivity index (χ2v) is 5.59. The van der Waals surface area contributed by atoms with Gasteiger partial charge in [-0.05, 0) is 11.8 Å². The number of anilines is 1. The molecule has 0 saturated heterocycles. The summed E-state index contributed by atoms with van der Waals surface area (Å²) >= 11 is 0. The van der Waals surface area contributed by atoms with Crippen molar-refractivity contribution >= 4 is 11.6 Å². The third-order valence-electron chi connectivity index (χ3n) is 2.49. The number of aromatic nitrogens is 2. The average molecular weight is 238 g/mol. The van der Waals surface area contributed by atoms with Crippen LogP contribution in [0, 0.1) is 11.3 Å². The van der Waals surface area contributed by atoms with Crippen LogP contribution in [-0.2, 0) is 11.8 Å². The Balaban J connectivity index is 2.61. The van der Waals surface area contributed by atoms with Crippen LogP contribution in [0.2, 0.25) is 0 Å². The van der Waals surface area contributed by atoms with Crippen LogP contribution in [0.5, 0.6) is 0 Å². The first-order valence-corrected chi connectivity index (χ1v) is 5.81. The maximum absolute atomic E-state index is 12.0. The van der Waals surface area contributed by atoms with Crippen molar-refractivity contribution in [2.45, 2.75) is 27.2 Å². The van der Waals surface area contributed by atoms with Gasteiger partial charge in [0.15, 0.2) is 0 Å². The van der Waals surface area contributed by atoms with E-state index in [0.717, 1.165) is 6.42 Å². The van der Waals surface area contributed by atoms with Crippen LogP contribution in [0.15, 0.2) is 12.4 Å². The fraction of sp³-hybridized carbons (Fsp3) is 0.667. The minimum absolute atomic E-state index is 0.0320. The summed E-state index contributed by atoms with van der Waals surface area (Å²) < 4.78 is 1.65. The summed E-state index contributed by atoms with van der Waals surface area (Å²) in [7, 11) is 1.81. The quantitative estimate of drug-likeness (QED) is 0.832. The summed E-state index contributed by atoms with van der Waals surface area (Å²) in [6.07, 6.45) is 4.17. The number of carbonyl (C=O) groups excluding carboxylic acids is 1. The van der Waals surface area contributed by atoms with Gasteiger partial charge in [0.2, 0.25) is 5.91 Å². The molecule has 0 aliphatic heterocycles. The lowest BCUT2D eigenvalue weighted by Gasteiger charge is -2.24. The second kappa shape index (κ2) is 5.31. The number of aryl methyl sites for hydroxylation is 1. The number of amides is 1. The van der Waals surface area contributed by atoms with Gasteiger partial charge in [0, 0.05) is 19.8 Å². The molecule has 0 bridgehead atoms. The van der Waals surface area contributed by atoms with E-state index in [-0.39, 0.29) is 17.2 Å². The molecule has 1 aromatic heterocycles. The molecule has 96 valence electrons. The highest BCUT2D eigenvalue weighted by molar-refractivity contribution is 5.92. The zero-order valence-electron chi connectivity index (χ0n) is 11.0. The lowest BCUT2D eigenvalue weighted by Crippen LogP contribution is -2.32. The molecule has 0 spiro atoms. The molecule has 1 unspecified atom stereocenters. The molecule has 1 rings (SSSR count). The van der Waals surface area contributed by atoms with E-state index in [1.807, 2.05) is 7.05 Å². The van der Waals surface area contributed by atoms with Gasteiger partial charge in [-0.25, -0.2) is 0 Å². The summed E-state index contributed by atoms with van der Waals surface area (Å²) in [5.74, 6) is -0.189. The van der Waals surface area contributed by atoms with Gasteiger partial charge in [0.25, 0.3) is 0 Å². The highest BCUT2D eigenvalue weighted by Gasteiger charge is 2.23. The molecule has 17 heavy (non-hydrogen) atoms. The summed E-state index contributed by atoms with van der Waals surface area (Å²) in [6.45, 7) is 6.68. The number of nitrogens with zero attached hydrogens (tertiary/aromatic N) is 2. The van der Waals surface area contributed by atoms with Gasteiger partial charge in [-0.1, -0.05) is 20.8 Å². The first kappa shape index (κ1) is 13.7. The van der Waals surface area contributed by atoms with Gasteiger partial charge in [0.05, 0.1) is 17.8 Å². The monoisotopic (exact) mass is 238 g/mol. The van der Waals surface area contributed by atoms with Crippen LogP contribution in [0.4, 0.5) is 5.69 Å². The Morgan fingerprint density at radius 2 is 2.24 bits per heavy atom. The Kier molecular flexibility index (Phi) is 4.28. The van der Waals surface area contributed by atoms with Gasteiger partial charge < -0.3 is 11.1 Å². The van der Waals surface area contributed by atoms with E-state index in [1.165, 1.54) is 0 Å². The van der Waals surface area contributed by atoms with Crippen molar-refractivity contribution < 1.29 is 4.79 Å². The molecule has 1 amide bonds. The summed E-state index contributed by atoms with van der Waals surface area (Å²) in [5.41, 5.74) is 6.46. The van der Waals surface area contributed by atoms with E-state index in [1.54, 1.807) is 17.1 Å². The molecule has 5 nitrogen and oxygen atoms in total. The molecule has 5 heteroatoms. The van der Waals surface area contributed by atoms with Gasteiger partial charge in [-0.3, -0.25) is 9.48 Å². The van der Waals surface area contributed by atoms with Crippen LogP contribution >= 0.6 is 0 Å². The molecular weight excluding hydrogens is 216 g/mol. The lowest BCUT2D eigenvalue weighted by molar-refractivity contribution is -0.120. The minimum Gasteiger partial charge on any atom is -0.330 e. The smallest absolute Gasteiger partial charge is 0.228 e. The number of nitrogens with one attached hydrogen (secondary N) is 1. The van der Waals surface area contributed by atoms with Crippen LogP contribution in [0.25, 0.3) is 0 Å². The minimum atomic E-state index is -0.157. The Morgan fingerprint density at radius 1 is 1.59 bits per heavy atom. The topological polar surface area (TPSA) is 72.9 Å². The van der Waals surface area contributed by atoms with E-state index in [2.05, 4.69) is 31.2 Å². The summed E-state index contributed by atoms with van der Waals surface area (Å²) in [5, 5.41) is 6.83. The predicted octanol–water partition coefficient (Wildman–Crippen LogP) is 1.37. The average Bonchev–Trinajstić information content (AvgIpc) is 2.59. The fourth-order valence-corrected chi connectivity index (χ4v) is 1.75.